The lowest BCUT2D eigenvalue weighted by Crippen LogP contribution is -2.06. The Balaban J connectivity index is 3.06. The molecular formula is C9H11IO2S. The van der Waals surface area contributed by atoms with E-state index < -0.39 is 0 Å². The van der Waals surface area contributed by atoms with Crippen LogP contribution in [0.4, 0.5) is 0 Å². The molecule has 1 rings (SSSR count). The molecule has 0 unspecified atom stereocenters. The molecule has 13 heavy (non-hydrogen) atoms. The highest BCUT2D eigenvalue weighted by molar-refractivity contribution is 14.1. The van der Waals surface area contributed by atoms with Crippen LogP contribution in [0.1, 0.15) is 27.7 Å². The van der Waals surface area contributed by atoms with Gasteiger partial charge in [0.2, 0.25) is 0 Å². The molecule has 1 aromatic heterocycles. The highest BCUT2D eigenvalue weighted by Gasteiger charge is 2.18. The fourth-order valence-corrected chi connectivity index (χ4v) is 3.50. The molecule has 4 heteroatoms. The van der Waals surface area contributed by atoms with E-state index in [4.69, 9.17) is 4.74 Å². The number of hydrogen-bond donors (Lipinski definition) is 0. The van der Waals surface area contributed by atoms with Gasteiger partial charge in [-0.25, -0.2) is 4.79 Å². The Hall–Kier alpha value is -0.100. The summed E-state index contributed by atoms with van der Waals surface area (Å²) >= 11 is 3.82. The van der Waals surface area contributed by atoms with Crippen molar-refractivity contribution in [3.05, 3.63) is 18.9 Å². The monoisotopic (exact) mass is 310 g/mol. The van der Waals surface area contributed by atoms with E-state index in [2.05, 4.69) is 22.6 Å². The Morgan fingerprint density at radius 3 is 2.54 bits per heavy atom. The van der Waals surface area contributed by atoms with Crippen molar-refractivity contribution in [3.63, 3.8) is 0 Å². The molecule has 0 N–H and O–H groups in total. The summed E-state index contributed by atoms with van der Waals surface area (Å²) in [5, 5.41) is 0. The quantitative estimate of drug-likeness (QED) is 0.619. The van der Waals surface area contributed by atoms with E-state index in [1.54, 1.807) is 11.3 Å². The molecule has 0 bridgehead atoms. The van der Waals surface area contributed by atoms with Crippen molar-refractivity contribution < 1.29 is 9.53 Å². The third kappa shape index (κ3) is 2.22. The molecule has 0 aliphatic heterocycles. The van der Waals surface area contributed by atoms with Crippen LogP contribution in [0.25, 0.3) is 0 Å². The summed E-state index contributed by atoms with van der Waals surface area (Å²) in [4.78, 5) is 12.7. The van der Waals surface area contributed by atoms with Crippen LogP contribution in [-0.4, -0.2) is 12.6 Å². The molecule has 0 aromatic carbocycles. The molecule has 0 saturated carbocycles. The van der Waals surface area contributed by atoms with Crippen LogP contribution < -0.4 is 0 Å². The van der Waals surface area contributed by atoms with E-state index in [0.717, 1.165) is 14.0 Å². The van der Waals surface area contributed by atoms with E-state index >= 15 is 0 Å². The van der Waals surface area contributed by atoms with Gasteiger partial charge in [0.05, 0.1) is 15.1 Å². The first-order chi connectivity index (χ1) is 6.07. The van der Waals surface area contributed by atoms with Crippen molar-refractivity contribution in [2.24, 2.45) is 0 Å². The Labute approximate surface area is 95.4 Å². The summed E-state index contributed by atoms with van der Waals surface area (Å²) in [6.45, 7) is 6.23. The van der Waals surface area contributed by atoms with Crippen molar-refractivity contribution in [3.8, 4) is 0 Å². The highest BCUT2D eigenvalue weighted by Crippen LogP contribution is 2.29. The van der Waals surface area contributed by atoms with Crippen LogP contribution in [0.2, 0.25) is 0 Å². The predicted octanol–water partition coefficient (Wildman–Crippen LogP) is 3.15. The van der Waals surface area contributed by atoms with Gasteiger partial charge in [-0.05, 0) is 48.9 Å². The Bertz CT molecular complexity index is 331. The van der Waals surface area contributed by atoms with Crippen LogP contribution in [0.15, 0.2) is 0 Å². The van der Waals surface area contributed by atoms with Crippen molar-refractivity contribution >= 4 is 39.9 Å². The number of thiophene rings is 1. The molecule has 0 saturated heterocycles. The zero-order chi connectivity index (χ0) is 10.0. The third-order valence-electron chi connectivity index (χ3n) is 1.82. The van der Waals surface area contributed by atoms with Crippen LogP contribution >= 0.6 is 33.9 Å². The zero-order valence-electron chi connectivity index (χ0n) is 7.81. The molecule has 0 atom stereocenters. The number of rotatable bonds is 2. The second kappa shape index (κ2) is 4.41. The maximum atomic E-state index is 11.5. The molecular weight excluding hydrogens is 299 g/mol. The van der Waals surface area contributed by atoms with Gasteiger partial charge < -0.3 is 4.74 Å². The molecule has 0 radical (unpaired) electrons. The first kappa shape index (κ1) is 11.0. The van der Waals surface area contributed by atoms with Crippen molar-refractivity contribution in [1.29, 1.82) is 0 Å². The fraction of sp³-hybridized carbons (Fsp3) is 0.444. The average molecular weight is 310 g/mol. The summed E-state index contributed by atoms with van der Waals surface area (Å²) in [6, 6.07) is 0. The molecule has 72 valence electrons. The minimum absolute atomic E-state index is 0.200. The molecule has 0 fully saturated rings. The van der Waals surface area contributed by atoms with E-state index in [9.17, 15) is 4.79 Å². The number of ether oxygens (including phenoxy) is 1. The summed E-state index contributed by atoms with van der Waals surface area (Å²) < 4.78 is 5.99. The number of halogens is 1. The van der Waals surface area contributed by atoms with Crippen molar-refractivity contribution in [1.82, 2.24) is 0 Å². The van der Waals surface area contributed by atoms with E-state index in [-0.39, 0.29) is 5.97 Å². The van der Waals surface area contributed by atoms with Crippen LogP contribution in [0.5, 0.6) is 0 Å². The van der Waals surface area contributed by atoms with Crippen LogP contribution in [0.3, 0.4) is 0 Å². The summed E-state index contributed by atoms with van der Waals surface area (Å²) in [5.41, 5.74) is 1.79. The predicted molar refractivity (Wildman–Crippen MR) is 62.5 cm³/mol. The van der Waals surface area contributed by atoms with E-state index in [1.165, 1.54) is 4.88 Å². The van der Waals surface area contributed by atoms with Crippen LogP contribution in [0, 0.1) is 16.7 Å². The number of hydrogen-bond acceptors (Lipinski definition) is 3. The summed E-state index contributed by atoms with van der Waals surface area (Å²) in [7, 11) is 0. The van der Waals surface area contributed by atoms with Gasteiger partial charge in [0.15, 0.2) is 0 Å². The Morgan fingerprint density at radius 1 is 1.54 bits per heavy atom. The molecule has 0 amide bonds. The van der Waals surface area contributed by atoms with Gasteiger partial charge in [-0.3, -0.25) is 0 Å². The maximum Gasteiger partial charge on any atom is 0.340 e. The molecule has 1 heterocycles. The van der Waals surface area contributed by atoms with Crippen molar-refractivity contribution in [2.75, 3.05) is 6.61 Å². The highest BCUT2D eigenvalue weighted by atomic mass is 127. The zero-order valence-corrected chi connectivity index (χ0v) is 10.8. The Morgan fingerprint density at radius 2 is 2.15 bits per heavy atom. The number of carbonyl (C=O) groups is 1. The average Bonchev–Trinajstić information content (AvgIpc) is 2.27. The maximum absolute atomic E-state index is 11.5. The topological polar surface area (TPSA) is 26.3 Å². The summed E-state index contributed by atoms with van der Waals surface area (Å²) in [6.07, 6.45) is 0. The second-order valence-electron chi connectivity index (χ2n) is 2.65. The number of esters is 1. The van der Waals surface area contributed by atoms with E-state index in [0.29, 0.717) is 6.61 Å². The first-order valence-electron chi connectivity index (χ1n) is 4.00. The van der Waals surface area contributed by atoms with Gasteiger partial charge in [0.1, 0.15) is 0 Å². The molecule has 1 aromatic rings. The minimum atomic E-state index is -0.200. The standard InChI is InChI=1S/C9H11IO2S/c1-4-12-9(11)7-5(2)6(3)13-8(7)10/h4H2,1-3H3. The number of aryl methyl sites for hydroxylation is 1. The van der Waals surface area contributed by atoms with Gasteiger partial charge in [0.25, 0.3) is 0 Å². The van der Waals surface area contributed by atoms with Gasteiger partial charge in [-0.2, -0.15) is 0 Å². The largest absolute Gasteiger partial charge is 0.462 e. The van der Waals surface area contributed by atoms with Gasteiger partial charge in [-0.15, -0.1) is 11.3 Å². The summed E-state index contributed by atoms with van der Waals surface area (Å²) in [5.74, 6) is -0.200. The lowest BCUT2D eigenvalue weighted by molar-refractivity contribution is 0.0525. The molecule has 0 aliphatic rings. The fourth-order valence-electron chi connectivity index (χ4n) is 1.02. The molecule has 0 spiro atoms. The minimum Gasteiger partial charge on any atom is -0.462 e. The molecule has 0 aliphatic carbocycles. The smallest absolute Gasteiger partial charge is 0.340 e. The number of carbonyl (C=O) groups excluding carboxylic acids is 1. The lowest BCUT2D eigenvalue weighted by Gasteiger charge is -2.01. The Kier molecular flexibility index (Phi) is 3.73. The van der Waals surface area contributed by atoms with Gasteiger partial charge >= 0.3 is 5.97 Å². The van der Waals surface area contributed by atoms with Crippen molar-refractivity contribution in [2.45, 2.75) is 20.8 Å². The SMILES string of the molecule is CCOC(=O)c1c(I)sc(C)c1C. The third-order valence-corrected chi connectivity index (χ3v) is 4.02. The second-order valence-corrected chi connectivity index (χ2v) is 5.69. The van der Waals surface area contributed by atoms with E-state index in [1.807, 2.05) is 20.8 Å². The van der Waals surface area contributed by atoms with Gasteiger partial charge in [-0.1, -0.05) is 0 Å². The van der Waals surface area contributed by atoms with Crippen LogP contribution in [-0.2, 0) is 4.74 Å². The lowest BCUT2D eigenvalue weighted by atomic mass is 10.2. The first-order valence-corrected chi connectivity index (χ1v) is 5.90. The molecule has 2 nitrogen and oxygen atoms in total. The normalized spacial score (nSPS) is 10.2. The van der Waals surface area contributed by atoms with Gasteiger partial charge in [0, 0.05) is 4.88 Å².